The van der Waals surface area contributed by atoms with E-state index in [1.54, 1.807) is 11.8 Å². The van der Waals surface area contributed by atoms with E-state index in [2.05, 4.69) is 56.2 Å². The quantitative estimate of drug-likeness (QED) is 0.556. The molecule has 8 heteroatoms. The second kappa shape index (κ2) is 10.4. The summed E-state index contributed by atoms with van der Waals surface area (Å²) in [7, 11) is 0. The first-order valence-electron chi connectivity index (χ1n) is 11.9. The topological polar surface area (TPSA) is 65.5 Å². The Morgan fingerprint density at radius 1 is 0.882 bits per heavy atom. The van der Waals surface area contributed by atoms with Crippen molar-refractivity contribution in [2.45, 2.75) is 29.7 Å². The molecule has 1 aromatic carbocycles. The van der Waals surface area contributed by atoms with E-state index in [9.17, 15) is 4.79 Å². The van der Waals surface area contributed by atoms with Gasteiger partial charge in [-0.3, -0.25) is 4.79 Å². The lowest BCUT2D eigenvalue weighted by Crippen LogP contribution is -2.52. The van der Waals surface area contributed by atoms with Gasteiger partial charge in [-0.1, -0.05) is 35.5 Å². The van der Waals surface area contributed by atoms with E-state index in [-0.39, 0.29) is 11.8 Å². The molecule has 2 aromatic heterocycles. The van der Waals surface area contributed by atoms with E-state index in [1.165, 1.54) is 5.56 Å². The van der Waals surface area contributed by atoms with Crippen LogP contribution in [-0.4, -0.2) is 65.3 Å². The average molecular weight is 475 g/mol. The molecule has 0 N–H and O–H groups in total. The number of hydrogen-bond acceptors (Lipinski definition) is 7. The third kappa shape index (κ3) is 5.33. The van der Waals surface area contributed by atoms with Gasteiger partial charge in [-0.25, -0.2) is 4.98 Å². The molecule has 2 aliphatic rings. The van der Waals surface area contributed by atoms with Crippen LogP contribution in [0.3, 0.4) is 0 Å². The Labute approximate surface area is 205 Å². The maximum absolute atomic E-state index is 13.3. The van der Waals surface area contributed by atoms with Crippen LogP contribution in [0.1, 0.15) is 18.4 Å². The van der Waals surface area contributed by atoms with E-state index in [0.717, 1.165) is 67.1 Å². The van der Waals surface area contributed by atoms with Crippen LogP contribution in [0.25, 0.3) is 0 Å². The fourth-order valence-corrected chi connectivity index (χ4v) is 5.34. The van der Waals surface area contributed by atoms with Gasteiger partial charge in [-0.15, -0.1) is 10.2 Å². The van der Waals surface area contributed by atoms with E-state index >= 15 is 0 Å². The zero-order valence-corrected chi connectivity index (χ0v) is 20.3. The van der Waals surface area contributed by atoms with Crippen LogP contribution in [0.15, 0.2) is 70.7 Å². The molecule has 0 aliphatic carbocycles. The van der Waals surface area contributed by atoms with Crippen molar-refractivity contribution in [3.8, 4) is 0 Å². The number of benzene rings is 1. The third-order valence-corrected chi connectivity index (χ3v) is 7.46. The molecule has 0 saturated carbocycles. The fourth-order valence-electron chi connectivity index (χ4n) is 4.60. The number of amides is 1. The highest BCUT2D eigenvalue weighted by Gasteiger charge is 2.31. The number of piperidine rings is 1. The van der Waals surface area contributed by atoms with Gasteiger partial charge >= 0.3 is 0 Å². The van der Waals surface area contributed by atoms with Crippen LogP contribution in [0.5, 0.6) is 0 Å². The zero-order valence-electron chi connectivity index (χ0n) is 19.5. The van der Waals surface area contributed by atoms with Crippen molar-refractivity contribution in [2.24, 2.45) is 5.92 Å². The van der Waals surface area contributed by atoms with Crippen LogP contribution in [0, 0.1) is 12.8 Å². The number of carbonyl (C=O) groups is 1. The second-order valence-corrected chi connectivity index (χ2v) is 10.0. The van der Waals surface area contributed by atoms with Crippen LogP contribution >= 0.6 is 11.8 Å². The van der Waals surface area contributed by atoms with Crippen LogP contribution < -0.4 is 9.80 Å². The summed E-state index contributed by atoms with van der Waals surface area (Å²) < 4.78 is 0. The number of aromatic nitrogens is 3. The minimum absolute atomic E-state index is 0.0126. The fraction of sp³-hybridized carbons (Fsp3) is 0.385. The first kappa shape index (κ1) is 22.7. The molecule has 7 nitrogen and oxygen atoms in total. The smallest absolute Gasteiger partial charge is 0.227 e. The molecule has 4 heterocycles. The number of carbonyl (C=O) groups excluding carboxylic acids is 1. The van der Waals surface area contributed by atoms with Gasteiger partial charge in [-0.2, -0.15) is 0 Å². The van der Waals surface area contributed by atoms with E-state index < -0.39 is 0 Å². The summed E-state index contributed by atoms with van der Waals surface area (Å²) in [4.78, 5) is 25.4. The highest BCUT2D eigenvalue weighted by atomic mass is 32.2. The summed E-state index contributed by atoms with van der Waals surface area (Å²) in [6.07, 6.45) is 3.75. The van der Waals surface area contributed by atoms with Crippen molar-refractivity contribution in [1.82, 2.24) is 20.1 Å². The Kier molecular flexibility index (Phi) is 6.94. The van der Waals surface area contributed by atoms with Gasteiger partial charge in [-0.05, 0) is 56.2 Å². The molecular weight excluding hydrogens is 444 g/mol. The number of nitrogens with zero attached hydrogens (tertiary/aromatic N) is 6. The number of hydrogen-bond donors (Lipinski definition) is 0. The van der Waals surface area contributed by atoms with Crippen molar-refractivity contribution in [3.05, 3.63) is 66.4 Å². The normalized spacial score (nSPS) is 18.7. The highest BCUT2D eigenvalue weighted by Crippen LogP contribution is 2.28. The lowest BCUT2D eigenvalue weighted by atomic mass is 9.96. The van der Waals surface area contributed by atoms with Crippen LogP contribution in [0.4, 0.5) is 11.6 Å². The Morgan fingerprint density at radius 3 is 2.41 bits per heavy atom. The summed E-state index contributed by atoms with van der Waals surface area (Å²) >= 11 is 1.61. The summed E-state index contributed by atoms with van der Waals surface area (Å²) in [5.74, 6) is 2.12. The van der Waals surface area contributed by atoms with Gasteiger partial charge in [0.15, 0.2) is 5.82 Å². The number of anilines is 2. The molecule has 2 saturated heterocycles. The monoisotopic (exact) mass is 474 g/mol. The Hall–Kier alpha value is -3.13. The van der Waals surface area contributed by atoms with Crippen molar-refractivity contribution >= 4 is 29.3 Å². The van der Waals surface area contributed by atoms with E-state index in [0.29, 0.717) is 6.54 Å². The van der Waals surface area contributed by atoms with Gasteiger partial charge in [0, 0.05) is 50.4 Å². The van der Waals surface area contributed by atoms with Gasteiger partial charge < -0.3 is 14.7 Å². The van der Waals surface area contributed by atoms with E-state index in [1.807, 2.05) is 41.4 Å². The summed E-state index contributed by atoms with van der Waals surface area (Å²) in [6.45, 7) is 6.85. The predicted molar refractivity (Wildman–Crippen MR) is 135 cm³/mol. The maximum Gasteiger partial charge on any atom is 0.227 e. The molecule has 0 bridgehead atoms. The molecule has 5 rings (SSSR count). The summed E-state index contributed by atoms with van der Waals surface area (Å²) in [6, 6.07) is 18.4. The molecule has 3 aromatic rings. The minimum Gasteiger partial charge on any atom is -0.354 e. The molecule has 1 atom stereocenters. The molecule has 2 aliphatic heterocycles. The Morgan fingerprint density at radius 2 is 1.71 bits per heavy atom. The maximum atomic E-state index is 13.3. The van der Waals surface area contributed by atoms with Crippen LogP contribution in [0.2, 0.25) is 0 Å². The number of pyridine rings is 1. The second-order valence-electron chi connectivity index (χ2n) is 8.93. The first-order chi connectivity index (χ1) is 16.7. The lowest BCUT2D eigenvalue weighted by molar-refractivity contribution is -0.136. The van der Waals surface area contributed by atoms with Gasteiger partial charge in [0.05, 0.1) is 5.92 Å². The molecular formula is C26H30N6OS. The molecule has 0 spiro atoms. The average Bonchev–Trinajstić information content (AvgIpc) is 2.91. The Balaban J connectivity index is 1.16. The van der Waals surface area contributed by atoms with Gasteiger partial charge in [0.1, 0.15) is 10.8 Å². The predicted octanol–water partition coefficient (Wildman–Crippen LogP) is 3.90. The third-order valence-electron chi connectivity index (χ3n) is 6.53. The summed E-state index contributed by atoms with van der Waals surface area (Å²) in [5.41, 5.74) is 1.25. The van der Waals surface area contributed by atoms with Crippen LogP contribution in [-0.2, 0) is 4.79 Å². The SMILES string of the molecule is Cc1ccc(Sc2ccc(N3CCCC(C(=O)N4CCN(c5ccccn5)CC4)C3)nn2)cc1. The lowest BCUT2D eigenvalue weighted by Gasteiger charge is -2.39. The van der Waals surface area contributed by atoms with Gasteiger partial charge in [0.25, 0.3) is 0 Å². The molecule has 34 heavy (non-hydrogen) atoms. The molecule has 176 valence electrons. The van der Waals surface area contributed by atoms with Crippen molar-refractivity contribution < 1.29 is 4.79 Å². The number of piperazine rings is 1. The summed E-state index contributed by atoms with van der Waals surface area (Å²) in [5, 5.41) is 9.79. The minimum atomic E-state index is 0.0126. The number of aryl methyl sites for hydroxylation is 1. The Bertz CT molecular complexity index is 1080. The number of rotatable bonds is 5. The van der Waals surface area contributed by atoms with Crippen molar-refractivity contribution in [3.63, 3.8) is 0 Å². The van der Waals surface area contributed by atoms with E-state index in [4.69, 9.17) is 0 Å². The largest absolute Gasteiger partial charge is 0.354 e. The standard InChI is InChI=1S/C26H30N6OS/c1-20-7-9-22(10-8-20)34-25-12-11-24(28-29-25)32-14-4-5-21(19-32)26(33)31-17-15-30(16-18-31)23-6-2-3-13-27-23/h2-3,6-13,21H,4-5,14-19H2,1H3. The molecule has 1 amide bonds. The van der Waals surface area contributed by atoms with Crippen molar-refractivity contribution in [1.29, 1.82) is 0 Å². The molecule has 0 radical (unpaired) electrons. The highest BCUT2D eigenvalue weighted by molar-refractivity contribution is 7.99. The molecule has 1 unspecified atom stereocenters. The zero-order chi connectivity index (χ0) is 23.3. The first-order valence-corrected chi connectivity index (χ1v) is 12.8. The van der Waals surface area contributed by atoms with Crippen molar-refractivity contribution in [2.75, 3.05) is 49.1 Å². The molecule has 2 fully saturated rings. The van der Waals surface area contributed by atoms with Gasteiger partial charge in [0.2, 0.25) is 5.91 Å².